The third kappa shape index (κ3) is 6.37. The Hall–Kier alpha value is 0.370. The average molecular weight is 227 g/mol. The van der Waals surface area contributed by atoms with Crippen LogP contribution >= 0.6 is 31.9 Å². The Kier molecular flexibility index (Phi) is 4.77. The van der Waals surface area contributed by atoms with Crippen LogP contribution in [0.3, 0.4) is 0 Å². The Morgan fingerprint density at radius 1 is 1.71 bits per heavy atom. The molecule has 0 aliphatic rings. The molecule has 0 heterocycles. The Labute approximate surface area is 59.0 Å². The summed E-state index contributed by atoms with van der Waals surface area (Å²) in [6.07, 6.45) is 3.73. The maximum atomic E-state index is 9.50. The lowest BCUT2D eigenvalue weighted by molar-refractivity contribution is 0.556. The van der Waals surface area contributed by atoms with E-state index in [1.807, 2.05) is 0 Å². The molecule has 0 aliphatic carbocycles. The molecule has 0 unspecified atom stereocenters. The Bertz CT molecular complexity index is 83.7. The molecule has 0 spiro atoms. The van der Waals surface area contributed by atoms with Crippen molar-refractivity contribution < 1.29 is 4.79 Å². The molecular weight excluding hydrogens is 224 g/mol. The van der Waals surface area contributed by atoms with Crippen molar-refractivity contribution in [3.05, 3.63) is 9.47 Å². The van der Waals surface area contributed by atoms with Gasteiger partial charge in [0.05, 0.1) is 3.39 Å². The van der Waals surface area contributed by atoms with E-state index < -0.39 is 0 Å². The zero-order valence-corrected chi connectivity index (χ0v) is 6.62. The summed E-state index contributed by atoms with van der Waals surface area (Å²) in [4.78, 5) is 9.50. The van der Waals surface area contributed by atoms with Crippen molar-refractivity contribution >= 4 is 38.1 Å². The Morgan fingerprint density at radius 2 is 2.29 bits per heavy atom. The van der Waals surface area contributed by atoms with Crippen LogP contribution in [0.2, 0.25) is 0 Å². The van der Waals surface area contributed by atoms with E-state index in [0.29, 0.717) is 6.42 Å². The number of carbonyl (C=O) groups excluding carboxylic acids is 1. The lowest BCUT2D eigenvalue weighted by Gasteiger charge is -1.74. The second kappa shape index (κ2) is 4.53. The molecule has 39 valence electrons. The van der Waals surface area contributed by atoms with Crippen molar-refractivity contribution in [2.45, 2.75) is 6.42 Å². The van der Waals surface area contributed by atoms with Crippen LogP contribution in [0.1, 0.15) is 6.42 Å². The van der Waals surface area contributed by atoms with Gasteiger partial charge in [0.15, 0.2) is 0 Å². The Balaban J connectivity index is 3.25. The van der Waals surface area contributed by atoms with Crippen molar-refractivity contribution in [2.24, 2.45) is 0 Å². The molecule has 0 rings (SSSR count). The SMILES string of the molecule is O=[C]CC=C(Br)Br. The van der Waals surface area contributed by atoms with Gasteiger partial charge in [0.25, 0.3) is 0 Å². The molecule has 0 aromatic rings. The van der Waals surface area contributed by atoms with Crippen LogP contribution in [0, 0.1) is 0 Å². The quantitative estimate of drug-likeness (QED) is 0.705. The third-order valence-corrected chi connectivity index (χ3v) is 0.987. The summed E-state index contributed by atoms with van der Waals surface area (Å²) >= 11 is 6.15. The molecule has 0 saturated heterocycles. The summed E-state index contributed by atoms with van der Waals surface area (Å²) in [6.45, 7) is 0. The van der Waals surface area contributed by atoms with E-state index in [9.17, 15) is 4.79 Å². The molecule has 1 nitrogen and oxygen atoms in total. The van der Waals surface area contributed by atoms with E-state index in [-0.39, 0.29) is 0 Å². The minimum absolute atomic E-state index is 0.339. The second-order valence-corrected chi connectivity index (χ2v) is 3.62. The molecule has 0 N–H and O–H groups in total. The van der Waals surface area contributed by atoms with E-state index in [2.05, 4.69) is 31.9 Å². The fraction of sp³-hybridized carbons (Fsp3) is 0.250. The van der Waals surface area contributed by atoms with Crippen LogP contribution in [-0.2, 0) is 4.79 Å². The molecule has 7 heavy (non-hydrogen) atoms. The zero-order valence-electron chi connectivity index (χ0n) is 3.45. The van der Waals surface area contributed by atoms with Gasteiger partial charge in [0.1, 0.15) is 0 Å². The van der Waals surface area contributed by atoms with Crippen LogP contribution in [-0.4, -0.2) is 6.29 Å². The van der Waals surface area contributed by atoms with E-state index in [0.717, 1.165) is 3.39 Å². The van der Waals surface area contributed by atoms with Crippen molar-refractivity contribution in [1.82, 2.24) is 0 Å². The molecule has 1 radical (unpaired) electrons. The first-order valence-electron chi connectivity index (χ1n) is 1.63. The summed E-state index contributed by atoms with van der Waals surface area (Å²) in [5.41, 5.74) is 0. The van der Waals surface area contributed by atoms with E-state index in [1.54, 1.807) is 12.4 Å². The van der Waals surface area contributed by atoms with Crippen LogP contribution in [0.4, 0.5) is 0 Å². The molecule has 3 heteroatoms. The lowest BCUT2D eigenvalue weighted by Crippen LogP contribution is -1.63. The normalized spacial score (nSPS) is 7.71. The van der Waals surface area contributed by atoms with E-state index >= 15 is 0 Å². The van der Waals surface area contributed by atoms with Crippen molar-refractivity contribution in [1.29, 1.82) is 0 Å². The topological polar surface area (TPSA) is 17.1 Å². The number of allylic oxidation sites excluding steroid dienone is 1. The maximum absolute atomic E-state index is 9.50. The predicted octanol–water partition coefficient (Wildman–Crippen LogP) is 2.12. The number of halogens is 2. The molecular formula is C4H3Br2O. The fourth-order valence-electron chi connectivity index (χ4n) is 0.119. The van der Waals surface area contributed by atoms with Crippen LogP contribution in [0.25, 0.3) is 0 Å². The molecule has 0 aromatic carbocycles. The smallest absolute Gasteiger partial charge is 0.202 e. The summed E-state index contributed by atoms with van der Waals surface area (Å²) < 4.78 is 0.795. The molecule has 0 amide bonds. The van der Waals surface area contributed by atoms with Gasteiger partial charge in [0, 0.05) is 6.42 Å². The number of hydrogen-bond donors (Lipinski definition) is 0. The minimum atomic E-state index is 0.339. The van der Waals surface area contributed by atoms with Gasteiger partial charge in [-0.1, -0.05) is 6.08 Å². The zero-order chi connectivity index (χ0) is 5.70. The first-order valence-corrected chi connectivity index (χ1v) is 3.22. The number of hydrogen-bond acceptors (Lipinski definition) is 1. The highest BCUT2D eigenvalue weighted by atomic mass is 79.9. The van der Waals surface area contributed by atoms with Gasteiger partial charge in [-0.25, -0.2) is 0 Å². The summed E-state index contributed by atoms with van der Waals surface area (Å²) in [7, 11) is 0. The van der Waals surface area contributed by atoms with Crippen LogP contribution in [0.5, 0.6) is 0 Å². The number of rotatable bonds is 2. The average Bonchev–Trinajstić information content (AvgIpc) is 1.61. The fourth-order valence-corrected chi connectivity index (χ4v) is 0.443. The van der Waals surface area contributed by atoms with Crippen LogP contribution in [0.15, 0.2) is 9.47 Å². The van der Waals surface area contributed by atoms with Crippen molar-refractivity contribution in [2.75, 3.05) is 0 Å². The second-order valence-electron chi connectivity index (χ2n) is 0.842. The van der Waals surface area contributed by atoms with Gasteiger partial charge >= 0.3 is 0 Å². The van der Waals surface area contributed by atoms with Gasteiger partial charge in [-0.15, -0.1) is 0 Å². The summed E-state index contributed by atoms with van der Waals surface area (Å²) in [6, 6.07) is 0. The van der Waals surface area contributed by atoms with Crippen molar-refractivity contribution in [3.8, 4) is 0 Å². The molecule has 0 atom stereocenters. The minimum Gasteiger partial charge on any atom is -0.291 e. The van der Waals surface area contributed by atoms with Gasteiger partial charge in [0.2, 0.25) is 6.29 Å². The summed E-state index contributed by atoms with van der Waals surface area (Å²) in [5.74, 6) is 0. The van der Waals surface area contributed by atoms with Crippen molar-refractivity contribution in [3.63, 3.8) is 0 Å². The first kappa shape index (κ1) is 7.37. The van der Waals surface area contributed by atoms with E-state index in [4.69, 9.17) is 0 Å². The molecule has 0 saturated carbocycles. The van der Waals surface area contributed by atoms with Gasteiger partial charge in [-0.05, 0) is 31.9 Å². The van der Waals surface area contributed by atoms with Crippen LogP contribution < -0.4 is 0 Å². The lowest BCUT2D eigenvalue weighted by atomic mass is 10.5. The maximum Gasteiger partial charge on any atom is 0.202 e. The predicted molar refractivity (Wildman–Crippen MR) is 36.2 cm³/mol. The highest BCUT2D eigenvalue weighted by molar-refractivity contribution is 9.28. The molecule has 0 bridgehead atoms. The molecule has 0 fully saturated rings. The first-order chi connectivity index (χ1) is 3.27. The largest absolute Gasteiger partial charge is 0.291 e. The van der Waals surface area contributed by atoms with Gasteiger partial charge in [-0.2, -0.15) is 0 Å². The molecule has 0 aliphatic heterocycles. The molecule has 0 aromatic heterocycles. The summed E-state index contributed by atoms with van der Waals surface area (Å²) in [5, 5.41) is 0. The van der Waals surface area contributed by atoms with Gasteiger partial charge in [-0.3, -0.25) is 4.79 Å². The third-order valence-electron chi connectivity index (χ3n) is 0.340. The van der Waals surface area contributed by atoms with E-state index in [1.165, 1.54) is 0 Å². The standard InChI is InChI=1S/C4H3Br2O/c5-4(6)2-1-3-7/h2H,1H2. The Morgan fingerprint density at radius 3 is 2.43 bits per heavy atom. The monoisotopic (exact) mass is 225 g/mol. The van der Waals surface area contributed by atoms with Gasteiger partial charge < -0.3 is 0 Å². The highest BCUT2D eigenvalue weighted by Gasteiger charge is 1.78. The highest BCUT2D eigenvalue weighted by Crippen LogP contribution is 2.12.